The van der Waals surface area contributed by atoms with Crippen LogP contribution in [0.25, 0.3) is 0 Å². The number of aldehydes is 1. The molecule has 1 heterocycles. The minimum Gasteiger partial charge on any atom is -0.322 e. The van der Waals surface area contributed by atoms with Crippen LogP contribution in [0.4, 0.5) is 0 Å². The number of thiophene rings is 1. The van der Waals surface area contributed by atoms with E-state index in [1.54, 1.807) is 12.1 Å². The molecule has 0 fully saturated rings. The van der Waals surface area contributed by atoms with Crippen molar-refractivity contribution in [2.75, 3.05) is 6.16 Å². The summed E-state index contributed by atoms with van der Waals surface area (Å²) in [4.78, 5) is 10.4. The van der Waals surface area contributed by atoms with Crippen molar-refractivity contribution in [3.63, 3.8) is 0 Å². The maximum atomic E-state index is 12.2. The molecule has 0 radical (unpaired) electrons. The summed E-state index contributed by atoms with van der Waals surface area (Å²) in [6, 6.07) is 3.55. The highest BCUT2D eigenvalue weighted by Gasteiger charge is 2.27. The fraction of sp³-hybridized carbons (Fsp3) is 0.444. The van der Waals surface area contributed by atoms with Gasteiger partial charge in [-0.1, -0.05) is 6.07 Å². The quantitative estimate of drug-likeness (QED) is 0.577. The molecule has 1 atom stereocenters. The fourth-order valence-electron chi connectivity index (χ4n) is 1.09. The molecule has 1 unspecified atom stereocenters. The number of rotatable bonds is 5. The predicted molar refractivity (Wildman–Crippen MR) is 58.7 cm³/mol. The van der Waals surface area contributed by atoms with Crippen LogP contribution >= 0.6 is 18.7 Å². The zero-order chi connectivity index (χ0) is 10.6. The second-order valence-electron chi connectivity index (χ2n) is 3.13. The third kappa shape index (κ3) is 2.77. The standard InChI is InChI=1S/C9H13O3PS/c1-8(2)12-13(11,6-5-10)9-4-3-7-14-9/h3-5,7-8H,6H2,1-2H3. The number of carbonyl (C=O) groups is 1. The molecular formula is C9H13O3PS. The van der Waals surface area contributed by atoms with Gasteiger partial charge in [0.2, 0.25) is 7.37 Å². The molecule has 0 aliphatic rings. The molecule has 0 saturated carbocycles. The van der Waals surface area contributed by atoms with Crippen molar-refractivity contribution in [2.45, 2.75) is 20.0 Å². The highest BCUT2D eigenvalue weighted by molar-refractivity contribution is 7.73. The van der Waals surface area contributed by atoms with Crippen LogP contribution in [0.15, 0.2) is 17.5 Å². The summed E-state index contributed by atoms with van der Waals surface area (Å²) in [6.07, 6.45) is 0.483. The van der Waals surface area contributed by atoms with Crippen molar-refractivity contribution in [2.24, 2.45) is 0 Å². The summed E-state index contributed by atoms with van der Waals surface area (Å²) in [7, 11) is -2.93. The predicted octanol–water partition coefficient (Wildman–Crippen LogP) is 2.28. The van der Waals surface area contributed by atoms with E-state index in [4.69, 9.17) is 4.52 Å². The Labute approximate surface area is 87.5 Å². The summed E-state index contributed by atoms with van der Waals surface area (Å²) < 4.78 is 18.3. The molecule has 0 bridgehead atoms. The molecular weight excluding hydrogens is 219 g/mol. The van der Waals surface area contributed by atoms with Crippen molar-refractivity contribution >= 4 is 29.6 Å². The van der Waals surface area contributed by atoms with Gasteiger partial charge in [0.05, 0.1) is 16.9 Å². The smallest absolute Gasteiger partial charge is 0.248 e. The molecule has 5 heteroatoms. The lowest BCUT2D eigenvalue weighted by Gasteiger charge is -2.17. The van der Waals surface area contributed by atoms with E-state index in [1.165, 1.54) is 11.3 Å². The lowest BCUT2D eigenvalue weighted by Crippen LogP contribution is -2.12. The van der Waals surface area contributed by atoms with E-state index in [0.29, 0.717) is 10.9 Å². The molecule has 0 amide bonds. The second-order valence-corrected chi connectivity index (χ2v) is 6.78. The van der Waals surface area contributed by atoms with Gasteiger partial charge in [0.15, 0.2) is 0 Å². The van der Waals surface area contributed by atoms with Gasteiger partial charge in [-0.05, 0) is 25.3 Å². The normalized spacial score (nSPS) is 15.4. The Balaban J connectivity index is 2.93. The number of carbonyl (C=O) groups excluding carboxylic acids is 1. The first-order valence-corrected chi connectivity index (χ1v) is 7.02. The minimum atomic E-state index is -2.93. The molecule has 1 aromatic heterocycles. The van der Waals surface area contributed by atoms with E-state index in [-0.39, 0.29) is 12.3 Å². The summed E-state index contributed by atoms with van der Waals surface area (Å²) >= 11 is 1.36. The van der Waals surface area contributed by atoms with Gasteiger partial charge in [-0.3, -0.25) is 4.57 Å². The van der Waals surface area contributed by atoms with Crippen LogP contribution in [-0.4, -0.2) is 18.6 Å². The van der Waals surface area contributed by atoms with Gasteiger partial charge in [-0.25, -0.2) is 0 Å². The first kappa shape index (κ1) is 11.6. The Kier molecular flexibility index (Phi) is 4.05. The van der Waals surface area contributed by atoms with Crippen molar-refractivity contribution in [3.05, 3.63) is 17.5 Å². The van der Waals surface area contributed by atoms with Gasteiger partial charge >= 0.3 is 0 Å². The van der Waals surface area contributed by atoms with E-state index < -0.39 is 7.37 Å². The Morgan fingerprint density at radius 1 is 1.64 bits per heavy atom. The monoisotopic (exact) mass is 232 g/mol. The Morgan fingerprint density at radius 2 is 2.36 bits per heavy atom. The molecule has 1 rings (SSSR count). The van der Waals surface area contributed by atoms with E-state index >= 15 is 0 Å². The van der Waals surface area contributed by atoms with Crippen LogP contribution in [-0.2, 0) is 13.9 Å². The number of hydrogen-bond acceptors (Lipinski definition) is 4. The highest BCUT2D eigenvalue weighted by atomic mass is 32.1. The zero-order valence-electron chi connectivity index (χ0n) is 8.17. The molecule has 0 spiro atoms. The molecule has 1 aromatic rings. The van der Waals surface area contributed by atoms with Crippen LogP contribution in [0.5, 0.6) is 0 Å². The third-order valence-corrected chi connectivity index (χ3v) is 5.57. The van der Waals surface area contributed by atoms with E-state index in [2.05, 4.69) is 0 Å². The van der Waals surface area contributed by atoms with Gasteiger partial charge in [0.25, 0.3) is 0 Å². The molecule has 14 heavy (non-hydrogen) atoms. The topological polar surface area (TPSA) is 43.4 Å². The summed E-state index contributed by atoms with van der Waals surface area (Å²) in [6.45, 7) is 3.62. The van der Waals surface area contributed by atoms with Crippen molar-refractivity contribution in [1.29, 1.82) is 0 Å². The van der Waals surface area contributed by atoms with Crippen LogP contribution in [0.1, 0.15) is 13.8 Å². The molecule has 0 aromatic carbocycles. The molecule has 78 valence electrons. The first-order chi connectivity index (χ1) is 6.58. The largest absolute Gasteiger partial charge is 0.322 e. The lowest BCUT2D eigenvalue weighted by atomic mass is 10.5. The summed E-state index contributed by atoms with van der Waals surface area (Å²) in [5, 5.41) is 1.83. The SMILES string of the molecule is CC(C)OP(=O)(CC=O)c1cccs1. The Morgan fingerprint density at radius 3 is 2.79 bits per heavy atom. The lowest BCUT2D eigenvalue weighted by molar-refractivity contribution is -0.105. The van der Waals surface area contributed by atoms with Crippen LogP contribution in [0.3, 0.4) is 0 Å². The summed E-state index contributed by atoms with van der Waals surface area (Å²) in [5.41, 5.74) is 0. The van der Waals surface area contributed by atoms with E-state index in [1.807, 2.05) is 19.2 Å². The number of hydrogen-bond donors (Lipinski definition) is 0. The van der Waals surface area contributed by atoms with Crippen LogP contribution < -0.4 is 4.62 Å². The van der Waals surface area contributed by atoms with Crippen molar-refractivity contribution in [1.82, 2.24) is 0 Å². The van der Waals surface area contributed by atoms with E-state index in [0.717, 1.165) is 0 Å². The van der Waals surface area contributed by atoms with Gasteiger partial charge < -0.3 is 9.32 Å². The first-order valence-electron chi connectivity index (χ1n) is 4.33. The molecule has 0 saturated heterocycles. The molecule has 0 N–H and O–H groups in total. The average Bonchev–Trinajstić information content (AvgIpc) is 2.54. The van der Waals surface area contributed by atoms with Crippen molar-refractivity contribution < 1.29 is 13.9 Å². The van der Waals surface area contributed by atoms with Crippen LogP contribution in [0.2, 0.25) is 0 Å². The molecule has 3 nitrogen and oxygen atoms in total. The Bertz CT molecular complexity index is 332. The van der Waals surface area contributed by atoms with E-state index in [9.17, 15) is 9.36 Å². The Hall–Kier alpha value is -0.440. The van der Waals surface area contributed by atoms with Gasteiger partial charge in [-0.2, -0.15) is 0 Å². The third-order valence-electron chi connectivity index (χ3n) is 1.54. The van der Waals surface area contributed by atoms with Gasteiger partial charge in [0, 0.05) is 0 Å². The highest BCUT2D eigenvalue weighted by Crippen LogP contribution is 2.47. The summed E-state index contributed by atoms with van der Waals surface area (Å²) in [5.74, 6) is 0. The maximum Gasteiger partial charge on any atom is 0.248 e. The zero-order valence-corrected chi connectivity index (χ0v) is 9.88. The fourth-order valence-corrected chi connectivity index (χ4v) is 4.28. The van der Waals surface area contributed by atoms with Crippen LogP contribution in [0, 0.1) is 0 Å². The van der Waals surface area contributed by atoms with Gasteiger partial charge in [0.1, 0.15) is 6.29 Å². The molecule has 0 aliphatic heterocycles. The maximum absolute atomic E-state index is 12.2. The minimum absolute atomic E-state index is 0.0360. The molecule has 0 aliphatic carbocycles. The average molecular weight is 232 g/mol. The van der Waals surface area contributed by atoms with Gasteiger partial charge in [-0.15, -0.1) is 11.3 Å². The second kappa shape index (κ2) is 4.87. The van der Waals surface area contributed by atoms with Crippen molar-refractivity contribution in [3.8, 4) is 0 Å².